The van der Waals surface area contributed by atoms with Crippen molar-refractivity contribution in [3.63, 3.8) is 0 Å². The summed E-state index contributed by atoms with van der Waals surface area (Å²) in [4.78, 5) is 12.1. The van der Waals surface area contributed by atoms with Crippen LogP contribution in [-0.4, -0.2) is 19.6 Å². The van der Waals surface area contributed by atoms with Gasteiger partial charge in [0.25, 0.3) is 5.91 Å². The monoisotopic (exact) mass is 311 g/mol. The summed E-state index contributed by atoms with van der Waals surface area (Å²) in [7, 11) is 1.58. The summed E-state index contributed by atoms with van der Waals surface area (Å²) >= 11 is 3.37. The van der Waals surface area contributed by atoms with Gasteiger partial charge in [-0.1, -0.05) is 29.3 Å². The van der Waals surface area contributed by atoms with Gasteiger partial charge in [0.2, 0.25) is 0 Å². The Hall–Kier alpha value is -1.03. The van der Waals surface area contributed by atoms with Gasteiger partial charge in [-0.05, 0) is 36.5 Å². The molecule has 1 aromatic carbocycles. The van der Waals surface area contributed by atoms with E-state index in [-0.39, 0.29) is 11.3 Å². The molecule has 0 saturated heterocycles. The Balaban J connectivity index is 2.04. The summed E-state index contributed by atoms with van der Waals surface area (Å²) in [6, 6.07) is 5.43. The van der Waals surface area contributed by atoms with Crippen molar-refractivity contribution < 1.29 is 9.53 Å². The first-order valence-corrected chi connectivity index (χ1v) is 6.95. The summed E-state index contributed by atoms with van der Waals surface area (Å²) in [5, 5.41) is 3.00. The lowest BCUT2D eigenvalue weighted by atomic mass is 9.70. The quantitative estimate of drug-likeness (QED) is 0.925. The lowest BCUT2D eigenvalue weighted by Crippen LogP contribution is -2.40. The van der Waals surface area contributed by atoms with Crippen LogP contribution in [0.3, 0.4) is 0 Å². The van der Waals surface area contributed by atoms with Crippen LogP contribution in [-0.2, 0) is 0 Å². The maximum absolute atomic E-state index is 12.1. The molecule has 18 heavy (non-hydrogen) atoms. The number of nitrogens with one attached hydrogen (secondary N) is 1. The smallest absolute Gasteiger partial charge is 0.255 e. The predicted octanol–water partition coefficient (Wildman–Crippen LogP) is 3.38. The molecule has 1 amide bonds. The highest BCUT2D eigenvalue weighted by Gasteiger charge is 2.32. The Kier molecular flexibility index (Phi) is 3.95. The summed E-state index contributed by atoms with van der Waals surface area (Å²) in [5.41, 5.74) is 0.877. The van der Waals surface area contributed by atoms with Crippen LogP contribution in [0.15, 0.2) is 22.7 Å². The molecule has 4 heteroatoms. The minimum atomic E-state index is -0.0625. The van der Waals surface area contributed by atoms with Crippen molar-refractivity contribution in [3.8, 4) is 5.75 Å². The lowest BCUT2D eigenvalue weighted by Gasteiger charge is -2.38. The SMILES string of the molecule is COc1cc(Br)ccc1C(=O)NCC1(C)CCC1. The second kappa shape index (κ2) is 5.31. The lowest BCUT2D eigenvalue weighted by molar-refractivity contribution is 0.0888. The van der Waals surface area contributed by atoms with Crippen molar-refractivity contribution >= 4 is 21.8 Å². The van der Waals surface area contributed by atoms with Gasteiger partial charge in [-0.15, -0.1) is 0 Å². The van der Waals surface area contributed by atoms with Gasteiger partial charge in [0.15, 0.2) is 0 Å². The molecule has 2 rings (SSSR count). The minimum absolute atomic E-state index is 0.0625. The first-order valence-electron chi connectivity index (χ1n) is 6.16. The third kappa shape index (κ3) is 2.86. The topological polar surface area (TPSA) is 38.3 Å². The third-order valence-corrected chi connectivity index (χ3v) is 4.14. The Morgan fingerprint density at radius 1 is 1.50 bits per heavy atom. The second-order valence-corrected chi connectivity index (χ2v) is 6.11. The molecule has 1 aromatic rings. The molecular formula is C14H18BrNO2. The van der Waals surface area contributed by atoms with Crippen LogP contribution < -0.4 is 10.1 Å². The number of amides is 1. The Labute approximate surface area is 116 Å². The fourth-order valence-corrected chi connectivity index (χ4v) is 2.54. The molecule has 0 heterocycles. The number of rotatable bonds is 4. The summed E-state index contributed by atoms with van der Waals surface area (Å²) in [5.74, 6) is 0.535. The molecule has 1 fully saturated rings. The molecule has 3 nitrogen and oxygen atoms in total. The maximum Gasteiger partial charge on any atom is 0.255 e. The fraction of sp³-hybridized carbons (Fsp3) is 0.500. The number of ether oxygens (including phenoxy) is 1. The first-order chi connectivity index (χ1) is 8.54. The van der Waals surface area contributed by atoms with E-state index >= 15 is 0 Å². The average molecular weight is 312 g/mol. The molecule has 0 radical (unpaired) electrons. The standard InChI is InChI=1S/C14H18BrNO2/c1-14(6-3-7-14)9-16-13(17)11-5-4-10(15)8-12(11)18-2/h4-5,8H,3,6-7,9H2,1-2H3,(H,16,17). The van der Waals surface area contributed by atoms with Crippen LogP contribution >= 0.6 is 15.9 Å². The van der Waals surface area contributed by atoms with Gasteiger partial charge in [-0.25, -0.2) is 0 Å². The van der Waals surface area contributed by atoms with Gasteiger partial charge >= 0.3 is 0 Å². The van der Waals surface area contributed by atoms with Gasteiger partial charge in [-0.3, -0.25) is 4.79 Å². The molecular weight excluding hydrogens is 294 g/mol. The number of methoxy groups -OCH3 is 1. The highest BCUT2D eigenvalue weighted by Crippen LogP contribution is 2.39. The van der Waals surface area contributed by atoms with Crippen LogP contribution in [0.25, 0.3) is 0 Å². The zero-order chi connectivity index (χ0) is 13.2. The number of hydrogen-bond donors (Lipinski definition) is 1. The predicted molar refractivity (Wildman–Crippen MR) is 75.0 cm³/mol. The van der Waals surface area contributed by atoms with E-state index in [1.807, 2.05) is 6.07 Å². The van der Waals surface area contributed by atoms with Crippen LogP contribution in [0.2, 0.25) is 0 Å². The summed E-state index contributed by atoms with van der Waals surface area (Å²) < 4.78 is 6.13. The van der Waals surface area contributed by atoms with E-state index in [1.54, 1.807) is 19.2 Å². The Bertz CT molecular complexity index is 455. The largest absolute Gasteiger partial charge is 0.496 e. The molecule has 0 aliphatic heterocycles. The molecule has 0 unspecified atom stereocenters. The van der Waals surface area contributed by atoms with Crippen LogP contribution in [0.4, 0.5) is 0 Å². The van der Waals surface area contributed by atoms with E-state index < -0.39 is 0 Å². The van der Waals surface area contributed by atoms with E-state index in [0.29, 0.717) is 11.3 Å². The van der Waals surface area contributed by atoms with Crippen molar-refractivity contribution in [3.05, 3.63) is 28.2 Å². The average Bonchev–Trinajstić information content (AvgIpc) is 2.33. The van der Waals surface area contributed by atoms with E-state index in [0.717, 1.165) is 11.0 Å². The van der Waals surface area contributed by atoms with Crippen LogP contribution in [0.1, 0.15) is 36.5 Å². The summed E-state index contributed by atoms with van der Waals surface area (Å²) in [6.07, 6.45) is 3.67. The van der Waals surface area contributed by atoms with E-state index in [1.165, 1.54) is 19.3 Å². The Morgan fingerprint density at radius 3 is 2.78 bits per heavy atom. The van der Waals surface area contributed by atoms with Gasteiger partial charge in [0, 0.05) is 11.0 Å². The van der Waals surface area contributed by atoms with Crippen molar-refractivity contribution in [1.29, 1.82) is 0 Å². The molecule has 0 atom stereocenters. The van der Waals surface area contributed by atoms with Gasteiger partial charge in [0.05, 0.1) is 12.7 Å². The van der Waals surface area contributed by atoms with E-state index in [2.05, 4.69) is 28.2 Å². The molecule has 1 aliphatic rings. The fourth-order valence-electron chi connectivity index (χ4n) is 2.20. The minimum Gasteiger partial charge on any atom is -0.496 e. The number of carbonyl (C=O) groups is 1. The number of hydrogen-bond acceptors (Lipinski definition) is 2. The first kappa shape index (κ1) is 13.4. The molecule has 98 valence electrons. The normalized spacial score (nSPS) is 16.8. The van der Waals surface area contributed by atoms with Crippen LogP contribution in [0.5, 0.6) is 5.75 Å². The zero-order valence-electron chi connectivity index (χ0n) is 10.8. The number of halogens is 1. The van der Waals surface area contributed by atoms with Crippen molar-refractivity contribution in [1.82, 2.24) is 5.32 Å². The number of carbonyl (C=O) groups excluding carboxylic acids is 1. The maximum atomic E-state index is 12.1. The second-order valence-electron chi connectivity index (χ2n) is 5.19. The molecule has 1 N–H and O–H groups in total. The van der Waals surface area contributed by atoms with Crippen molar-refractivity contribution in [2.75, 3.05) is 13.7 Å². The van der Waals surface area contributed by atoms with Gasteiger partial charge in [0.1, 0.15) is 5.75 Å². The Morgan fingerprint density at radius 2 is 2.22 bits per heavy atom. The zero-order valence-corrected chi connectivity index (χ0v) is 12.3. The molecule has 0 spiro atoms. The summed E-state index contributed by atoms with van der Waals surface area (Å²) in [6.45, 7) is 2.96. The third-order valence-electron chi connectivity index (χ3n) is 3.64. The highest BCUT2D eigenvalue weighted by molar-refractivity contribution is 9.10. The molecule has 1 saturated carbocycles. The molecule has 0 aromatic heterocycles. The van der Waals surface area contributed by atoms with E-state index in [4.69, 9.17) is 4.74 Å². The van der Waals surface area contributed by atoms with Gasteiger partial charge < -0.3 is 10.1 Å². The van der Waals surface area contributed by atoms with Crippen LogP contribution in [0, 0.1) is 5.41 Å². The number of benzene rings is 1. The van der Waals surface area contributed by atoms with Gasteiger partial charge in [-0.2, -0.15) is 0 Å². The molecule has 1 aliphatic carbocycles. The van der Waals surface area contributed by atoms with Crippen molar-refractivity contribution in [2.24, 2.45) is 5.41 Å². The highest BCUT2D eigenvalue weighted by atomic mass is 79.9. The molecule has 0 bridgehead atoms. The van der Waals surface area contributed by atoms with E-state index in [9.17, 15) is 4.79 Å². The van der Waals surface area contributed by atoms with Crippen molar-refractivity contribution in [2.45, 2.75) is 26.2 Å².